The van der Waals surface area contributed by atoms with Crippen LogP contribution in [0.25, 0.3) is 10.9 Å². The topological polar surface area (TPSA) is 87.2 Å². The maximum atomic E-state index is 12.4. The van der Waals surface area contributed by atoms with Crippen LogP contribution >= 0.6 is 0 Å². The van der Waals surface area contributed by atoms with Gasteiger partial charge in [0, 0.05) is 12.6 Å². The highest BCUT2D eigenvalue weighted by molar-refractivity contribution is 5.78. The molecule has 134 valence electrons. The molecule has 1 saturated heterocycles. The van der Waals surface area contributed by atoms with Gasteiger partial charge in [0.05, 0.1) is 10.9 Å². The molecule has 3 rings (SSSR count). The molecule has 2 heterocycles. The Labute approximate surface area is 145 Å². The fourth-order valence-electron chi connectivity index (χ4n) is 3.26. The maximum Gasteiger partial charge on any atom is 0.329 e. The average molecular weight is 344 g/mol. The number of aromatic nitrogens is 2. The number of nitrogens with one attached hydrogen (secondary N) is 2. The second-order valence-corrected chi connectivity index (χ2v) is 6.67. The van der Waals surface area contributed by atoms with Crippen LogP contribution in [0.3, 0.4) is 0 Å². The second kappa shape index (κ2) is 7.65. The van der Waals surface area contributed by atoms with Gasteiger partial charge in [0.15, 0.2) is 0 Å². The molecule has 1 aromatic heterocycles. The molecule has 2 N–H and O–H groups in total. The Bertz CT molecular complexity index is 864. The number of carbonyl (C=O) groups excluding carboxylic acids is 1. The van der Waals surface area contributed by atoms with Crippen LogP contribution in [-0.2, 0) is 11.3 Å². The van der Waals surface area contributed by atoms with Crippen LogP contribution in [0.1, 0.15) is 26.2 Å². The number of carbonyl (C=O) groups is 1. The summed E-state index contributed by atoms with van der Waals surface area (Å²) >= 11 is 0. The van der Waals surface area contributed by atoms with E-state index in [1.54, 1.807) is 24.3 Å². The molecule has 1 amide bonds. The molecule has 1 fully saturated rings. The van der Waals surface area contributed by atoms with Gasteiger partial charge in [-0.25, -0.2) is 4.79 Å². The number of nitrogens with zero attached hydrogens (tertiary/aromatic N) is 2. The fourth-order valence-corrected chi connectivity index (χ4v) is 3.26. The summed E-state index contributed by atoms with van der Waals surface area (Å²) in [5.41, 5.74) is -0.532. The van der Waals surface area contributed by atoms with E-state index in [1.165, 1.54) is 12.8 Å². The summed E-state index contributed by atoms with van der Waals surface area (Å²) in [5.74, 6) is -0.322. The Kier molecular flexibility index (Phi) is 5.33. The maximum absolute atomic E-state index is 12.4. The number of likely N-dealkylation sites (tertiary alicyclic amines) is 1. The third kappa shape index (κ3) is 4.17. The highest BCUT2D eigenvalue weighted by Gasteiger charge is 2.15. The third-order valence-corrected chi connectivity index (χ3v) is 4.68. The minimum Gasteiger partial charge on any atom is -0.352 e. The summed E-state index contributed by atoms with van der Waals surface area (Å²) in [7, 11) is 0. The van der Waals surface area contributed by atoms with Crippen LogP contribution in [-0.4, -0.2) is 46.0 Å². The molecule has 7 nitrogen and oxygen atoms in total. The monoisotopic (exact) mass is 344 g/mol. The number of fused-ring (bicyclic) bond motifs is 1. The molecule has 0 saturated carbocycles. The Balaban J connectivity index is 1.63. The average Bonchev–Trinajstić information content (AvgIpc) is 3.10. The summed E-state index contributed by atoms with van der Waals surface area (Å²) in [4.78, 5) is 41.8. The number of amides is 1. The molecule has 1 aliphatic rings. The molecule has 2 aromatic rings. The first kappa shape index (κ1) is 17.4. The van der Waals surface area contributed by atoms with Crippen molar-refractivity contribution in [2.45, 2.75) is 38.8 Å². The highest BCUT2D eigenvalue weighted by Crippen LogP contribution is 2.08. The number of rotatable bonds is 6. The van der Waals surface area contributed by atoms with Gasteiger partial charge < -0.3 is 15.2 Å². The Morgan fingerprint density at radius 1 is 1.24 bits per heavy atom. The van der Waals surface area contributed by atoms with E-state index in [2.05, 4.69) is 15.2 Å². The Hall–Kier alpha value is -2.41. The third-order valence-electron chi connectivity index (χ3n) is 4.68. The number of aromatic amines is 1. The van der Waals surface area contributed by atoms with E-state index in [1.807, 2.05) is 6.92 Å². The van der Waals surface area contributed by atoms with Crippen molar-refractivity contribution in [3.8, 4) is 0 Å². The van der Waals surface area contributed by atoms with Crippen molar-refractivity contribution >= 4 is 16.8 Å². The normalized spacial score (nSPS) is 16.2. The lowest BCUT2D eigenvalue weighted by Crippen LogP contribution is -2.43. The van der Waals surface area contributed by atoms with Crippen LogP contribution in [0.4, 0.5) is 0 Å². The molecule has 1 aromatic carbocycles. The molecule has 0 bridgehead atoms. The predicted molar refractivity (Wildman–Crippen MR) is 96.7 cm³/mol. The van der Waals surface area contributed by atoms with Gasteiger partial charge in [0.25, 0.3) is 5.56 Å². The smallest absolute Gasteiger partial charge is 0.329 e. The van der Waals surface area contributed by atoms with E-state index >= 15 is 0 Å². The van der Waals surface area contributed by atoms with Crippen molar-refractivity contribution in [3.63, 3.8) is 0 Å². The number of hydrogen-bond acceptors (Lipinski definition) is 4. The van der Waals surface area contributed by atoms with Gasteiger partial charge in [-0.05, 0) is 51.4 Å². The van der Waals surface area contributed by atoms with E-state index in [0.717, 1.165) is 30.6 Å². The number of benzene rings is 1. The summed E-state index contributed by atoms with van der Waals surface area (Å²) in [6, 6.07) is 6.79. The van der Waals surface area contributed by atoms with Crippen LogP contribution in [0.15, 0.2) is 33.9 Å². The van der Waals surface area contributed by atoms with Gasteiger partial charge >= 0.3 is 5.69 Å². The van der Waals surface area contributed by atoms with Gasteiger partial charge in [0.2, 0.25) is 5.91 Å². The zero-order valence-corrected chi connectivity index (χ0v) is 14.5. The molecule has 25 heavy (non-hydrogen) atoms. The molecular formula is C18H24N4O3. The number of para-hydroxylation sites is 1. The zero-order valence-electron chi connectivity index (χ0n) is 14.5. The predicted octanol–water partition coefficient (Wildman–Crippen LogP) is 0.680. The van der Waals surface area contributed by atoms with E-state index in [9.17, 15) is 14.4 Å². The molecule has 1 atom stereocenters. The Morgan fingerprint density at radius 2 is 1.96 bits per heavy atom. The largest absolute Gasteiger partial charge is 0.352 e. The van der Waals surface area contributed by atoms with Gasteiger partial charge in [-0.3, -0.25) is 14.2 Å². The van der Waals surface area contributed by atoms with E-state index in [4.69, 9.17) is 0 Å². The molecule has 0 radical (unpaired) electrons. The van der Waals surface area contributed by atoms with Crippen molar-refractivity contribution in [3.05, 3.63) is 45.1 Å². The van der Waals surface area contributed by atoms with E-state index in [-0.39, 0.29) is 18.5 Å². The summed E-state index contributed by atoms with van der Waals surface area (Å²) < 4.78 is 0.949. The van der Waals surface area contributed by atoms with Crippen molar-refractivity contribution in [2.24, 2.45) is 0 Å². The second-order valence-electron chi connectivity index (χ2n) is 6.67. The standard InChI is InChI=1S/C18H24N4O3/c1-13(8-11-21-9-4-5-10-21)19-16(23)12-22-17(24)14-6-2-3-7-15(14)20-18(22)25/h2-3,6-7,13H,4-5,8-12H2,1H3,(H,19,23)(H,20,25)/t13-/m1/s1. The highest BCUT2D eigenvalue weighted by atomic mass is 16.2. The molecule has 1 aliphatic heterocycles. The quantitative estimate of drug-likeness (QED) is 0.807. The lowest BCUT2D eigenvalue weighted by molar-refractivity contribution is -0.122. The van der Waals surface area contributed by atoms with Crippen LogP contribution in [0, 0.1) is 0 Å². The summed E-state index contributed by atoms with van der Waals surface area (Å²) in [6.45, 7) is 4.89. The van der Waals surface area contributed by atoms with Gasteiger partial charge in [-0.15, -0.1) is 0 Å². The first-order valence-corrected chi connectivity index (χ1v) is 8.78. The van der Waals surface area contributed by atoms with Crippen molar-refractivity contribution in [1.82, 2.24) is 19.8 Å². The van der Waals surface area contributed by atoms with Crippen LogP contribution in [0.5, 0.6) is 0 Å². The molecule has 7 heteroatoms. The van der Waals surface area contributed by atoms with Crippen molar-refractivity contribution in [2.75, 3.05) is 19.6 Å². The first-order chi connectivity index (χ1) is 12.0. The molecule has 0 spiro atoms. The van der Waals surface area contributed by atoms with Gasteiger partial charge in [-0.2, -0.15) is 0 Å². The fraction of sp³-hybridized carbons (Fsp3) is 0.500. The SMILES string of the molecule is C[C@H](CCN1CCCC1)NC(=O)Cn1c(=O)[nH]c2ccccc2c1=O. The summed E-state index contributed by atoms with van der Waals surface area (Å²) in [5, 5.41) is 3.28. The minimum absolute atomic E-state index is 0.00309. The summed E-state index contributed by atoms with van der Waals surface area (Å²) in [6.07, 6.45) is 3.34. The molecular weight excluding hydrogens is 320 g/mol. The number of H-pyrrole nitrogens is 1. The van der Waals surface area contributed by atoms with Crippen LogP contribution < -0.4 is 16.6 Å². The van der Waals surface area contributed by atoms with Crippen molar-refractivity contribution < 1.29 is 4.79 Å². The molecule has 0 unspecified atom stereocenters. The first-order valence-electron chi connectivity index (χ1n) is 8.78. The van der Waals surface area contributed by atoms with Gasteiger partial charge in [0.1, 0.15) is 6.54 Å². The molecule has 0 aliphatic carbocycles. The minimum atomic E-state index is -0.566. The lowest BCUT2D eigenvalue weighted by Gasteiger charge is -2.19. The Morgan fingerprint density at radius 3 is 2.72 bits per heavy atom. The van der Waals surface area contributed by atoms with Gasteiger partial charge in [-0.1, -0.05) is 12.1 Å². The lowest BCUT2D eigenvalue weighted by atomic mass is 10.2. The van der Waals surface area contributed by atoms with Crippen LogP contribution in [0.2, 0.25) is 0 Å². The zero-order chi connectivity index (χ0) is 17.8. The van der Waals surface area contributed by atoms with E-state index < -0.39 is 11.2 Å². The van der Waals surface area contributed by atoms with Crippen molar-refractivity contribution in [1.29, 1.82) is 0 Å². The number of hydrogen-bond donors (Lipinski definition) is 2. The van der Waals surface area contributed by atoms with E-state index in [0.29, 0.717) is 10.9 Å².